The van der Waals surface area contributed by atoms with Crippen molar-refractivity contribution in [2.45, 2.75) is 58.9 Å². The molecule has 0 bridgehead atoms. The van der Waals surface area contributed by atoms with Crippen LogP contribution in [0.3, 0.4) is 0 Å². The molecular formula is C18H27NO. The predicted molar refractivity (Wildman–Crippen MR) is 86.4 cm³/mol. The molecule has 0 aliphatic heterocycles. The number of rotatable bonds is 2. The summed E-state index contributed by atoms with van der Waals surface area (Å²) < 4.78 is 6.07. The molecule has 2 rings (SSSR count). The van der Waals surface area contributed by atoms with E-state index in [1.807, 2.05) is 7.05 Å². The summed E-state index contributed by atoms with van der Waals surface area (Å²) in [6.07, 6.45) is 0. The van der Waals surface area contributed by atoms with Crippen LogP contribution in [0, 0.1) is 0 Å². The summed E-state index contributed by atoms with van der Waals surface area (Å²) in [5, 5.41) is 4.37. The number of fused-ring (bicyclic) bond motifs is 1. The molecule has 0 unspecified atom stereocenters. The Morgan fingerprint density at radius 1 is 0.950 bits per heavy atom. The molecule has 0 saturated carbocycles. The van der Waals surface area contributed by atoms with Crippen molar-refractivity contribution in [2.24, 2.45) is 0 Å². The lowest BCUT2D eigenvalue weighted by Gasteiger charge is -2.25. The van der Waals surface area contributed by atoms with E-state index in [1.54, 1.807) is 0 Å². The lowest BCUT2D eigenvalue weighted by molar-refractivity contribution is 0.510. The molecule has 0 fully saturated rings. The fourth-order valence-electron chi connectivity index (χ4n) is 2.46. The molecule has 2 aromatic rings. The van der Waals surface area contributed by atoms with Gasteiger partial charge in [0.25, 0.3) is 0 Å². The molecule has 20 heavy (non-hydrogen) atoms. The van der Waals surface area contributed by atoms with E-state index in [-0.39, 0.29) is 10.8 Å². The van der Waals surface area contributed by atoms with E-state index >= 15 is 0 Å². The minimum Gasteiger partial charge on any atom is -0.459 e. The van der Waals surface area contributed by atoms with E-state index in [0.717, 1.165) is 17.9 Å². The van der Waals surface area contributed by atoms with Crippen molar-refractivity contribution in [3.63, 3.8) is 0 Å². The fraction of sp³-hybridized carbons (Fsp3) is 0.556. The van der Waals surface area contributed by atoms with E-state index in [4.69, 9.17) is 4.42 Å². The Kier molecular flexibility index (Phi) is 3.72. The van der Waals surface area contributed by atoms with Crippen LogP contribution in [0.15, 0.2) is 22.6 Å². The number of hydrogen-bond donors (Lipinski definition) is 1. The highest BCUT2D eigenvalue weighted by atomic mass is 16.3. The van der Waals surface area contributed by atoms with Crippen molar-refractivity contribution in [2.75, 3.05) is 7.05 Å². The normalized spacial score (nSPS) is 13.2. The molecule has 2 heteroatoms. The van der Waals surface area contributed by atoms with Gasteiger partial charge in [-0.2, -0.15) is 0 Å². The zero-order valence-corrected chi connectivity index (χ0v) is 13.8. The van der Waals surface area contributed by atoms with Crippen molar-refractivity contribution < 1.29 is 4.42 Å². The third-order valence-corrected chi connectivity index (χ3v) is 3.69. The third kappa shape index (κ3) is 2.90. The van der Waals surface area contributed by atoms with Gasteiger partial charge in [0.15, 0.2) is 0 Å². The Labute approximate surface area is 122 Å². The summed E-state index contributed by atoms with van der Waals surface area (Å²) >= 11 is 0. The summed E-state index contributed by atoms with van der Waals surface area (Å²) in [6, 6.07) is 6.75. The van der Waals surface area contributed by atoms with Gasteiger partial charge in [0.2, 0.25) is 0 Å². The second kappa shape index (κ2) is 4.92. The second-order valence-electron chi connectivity index (χ2n) is 7.69. The molecule has 0 atom stereocenters. The van der Waals surface area contributed by atoms with Gasteiger partial charge in [-0.05, 0) is 35.6 Å². The molecule has 0 amide bonds. The third-order valence-electron chi connectivity index (χ3n) is 3.69. The van der Waals surface area contributed by atoms with E-state index < -0.39 is 0 Å². The summed E-state index contributed by atoms with van der Waals surface area (Å²) in [5.74, 6) is 0.999. The minimum atomic E-state index is 0.0777. The molecular weight excluding hydrogens is 246 g/mol. The van der Waals surface area contributed by atoms with Crippen LogP contribution < -0.4 is 5.32 Å². The number of benzene rings is 1. The Balaban J connectivity index is 2.72. The largest absolute Gasteiger partial charge is 0.459 e. The van der Waals surface area contributed by atoms with Crippen LogP contribution in [0.1, 0.15) is 58.4 Å². The van der Waals surface area contributed by atoms with Crippen LogP contribution in [-0.2, 0) is 17.4 Å². The average Bonchev–Trinajstić information content (AvgIpc) is 2.67. The molecule has 1 N–H and O–H groups in total. The Hall–Kier alpha value is -1.28. The summed E-state index contributed by atoms with van der Waals surface area (Å²) in [4.78, 5) is 0. The molecule has 0 aliphatic rings. The first-order chi connectivity index (χ1) is 9.13. The standard InChI is InChI=1S/C18H27NO/c1-17(2,3)13-8-12-9-14(11-19-7)20-16(12)15(10-13)18(4,5)6/h8-10,19H,11H2,1-7H3. The summed E-state index contributed by atoms with van der Waals surface area (Å²) in [7, 11) is 1.94. The van der Waals surface area contributed by atoms with Gasteiger partial charge < -0.3 is 9.73 Å². The summed E-state index contributed by atoms with van der Waals surface area (Å²) in [5.41, 5.74) is 3.92. The van der Waals surface area contributed by atoms with Gasteiger partial charge in [-0.1, -0.05) is 47.6 Å². The quantitative estimate of drug-likeness (QED) is 0.854. The van der Waals surface area contributed by atoms with Gasteiger partial charge >= 0.3 is 0 Å². The maximum absolute atomic E-state index is 6.07. The highest BCUT2D eigenvalue weighted by Crippen LogP contribution is 2.36. The minimum absolute atomic E-state index is 0.0777. The molecule has 0 saturated heterocycles. The second-order valence-corrected chi connectivity index (χ2v) is 7.69. The van der Waals surface area contributed by atoms with Crippen molar-refractivity contribution in [1.29, 1.82) is 0 Å². The van der Waals surface area contributed by atoms with Crippen molar-refractivity contribution in [3.05, 3.63) is 35.1 Å². The lowest BCUT2D eigenvalue weighted by Crippen LogP contribution is -2.16. The first-order valence-corrected chi connectivity index (χ1v) is 7.35. The van der Waals surface area contributed by atoms with Gasteiger partial charge in [0, 0.05) is 10.9 Å². The van der Waals surface area contributed by atoms with E-state index in [1.165, 1.54) is 16.5 Å². The molecule has 110 valence electrons. The first-order valence-electron chi connectivity index (χ1n) is 7.35. The molecule has 1 aromatic carbocycles. The zero-order valence-electron chi connectivity index (χ0n) is 13.8. The molecule has 0 radical (unpaired) electrons. The summed E-state index contributed by atoms with van der Waals surface area (Å²) in [6.45, 7) is 14.3. The fourth-order valence-corrected chi connectivity index (χ4v) is 2.46. The van der Waals surface area contributed by atoms with Crippen molar-refractivity contribution in [3.8, 4) is 0 Å². The van der Waals surface area contributed by atoms with Gasteiger partial charge in [-0.3, -0.25) is 0 Å². The van der Waals surface area contributed by atoms with Crippen LogP contribution in [0.4, 0.5) is 0 Å². The van der Waals surface area contributed by atoms with Gasteiger partial charge in [-0.25, -0.2) is 0 Å². The van der Waals surface area contributed by atoms with Crippen LogP contribution in [0.2, 0.25) is 0 Å². The highest BCUT2D eigenvalue weighted by molar-refractivity contribution is 5.83. The van der Waals surface area contributed by atoms with Crippen LogP contribution in [0.5, 0.6) is 0 Å². The van der Waals surface area contributed by atoms with Crippen molar-refractivity contribution in [1.82, 2.24) is 5.32 Å². The van der Waals surface area contributed by atoms with E-state index in [2.05, 4.69) is 65.1 Å². The van der Waals surface area contributed by atoms with E-state index in [0.29, 0.717) is 0 Å². The maximum atomic E-state index is 6.07. The van der Waals surface area contributed by atoms with Crippen LogP contribution in [-0.4, -0.2) is 7.05 Å². The number of nitrogens with one attached hydrogen (secondary N) is 1. The number of furan rings is 1. The van der Waals surface area contributed by atoms with E-state index in [9.17, 15) is 0 Å². The first kappa shape index (κ1) is 15.1. The van der Waals surface area contributed by atoms with Gasteiger partial charge in [0.1, 0.15) is 11.3 Å². The Bertz CT molecular complexity index is 609. The van der Waals surface area contributed by atoms with Crippen LogP contribution in [0.25, 0.3) is 11.0 Å². The molecule has 2 nitrogen and oxygen atoms in total. The molecule has 1 aromatic heterocycles. The highest BCUT2D eigenvalue weighted by Gasteiger charge is 2.24. The molecule has 0 aliphatic carbocycles. The molecule has 0 spiro atoms. The van der Waals surface area contributed by atoms with Gasteiger partial charge in [-0.15, -0.1) is 0 Å². The predicted octanol–water partition coefficient (Wildman–Crippen LogP) is 4.75. The SMILES string of the molecule is CNCc1cc2cc(C(C)(C)C)cc(C(C)(C)C)c2o1. The van der Waals surface area contributed by atoms with Crippen LogP contribution >= 0.6 is 0 Å². The monoisotopic (exact) mass is 273 g/mol. The Morgan fingerprint density at radius 3 is 2.10 bits per heavy atom. The topological polar surface area (TPSA) is 25.2 Å². The smallest absolute Gasteiger partial charge is 0.138 e. The average molecular weight is 273 g/mol. The van der Waals surface area contributed by atoms with Gasteiger partial charge in [0.05, 0.1) is 6.54 Å². The zero-order chi connectivity index (χ0) is 15.1. The molecule has 1 heterocycles. The lowest BCUT2D eigenvalue weighted by atomic mass is 9.80. The number of hydrogen-bond acceptors (Lipinski definition) is 2. The van der Waals surface area contributed by atoms with Crippen molar-refractivity contribution >= 4 is 11.0 Å². The maximum Gasteiger partial charge on any atom is 0.138 e. The Morgan fingerprint density at radius 2 is 1.60 bits per heavy atom.